The molecule has 1 amide bonds. The van der Waals surface area contributed by atoms with E-state index in [1.165, 1.54) is 0 Å². The minimum Gasteiger partial charge on any atom is -0.493 e. The number of rotatable bonds is 4. The summed E-state index contributed by atoms with van der Waals surface area (Å²) < 4.78 is 5.64. The Kier molecular flexibility index (Phi) is 4.15. The molecule has 1 aliphatic carbocycles. The molecule has 1 aliphatic heterocycles. The molecule has 3 rings (SSSR count). The monoisotopic (exact) mass is 289 g/mol. The first-order valence-corrected chi connectivity index (χ1v) is 7.86. The van der Waals surface area contributed by atoms with Gasteiger partial charge in [-0.3, -0.25) is 4.79 Å². The van der Waals surface area contributed by atoms with E-state index in [0.29, 0.717) is 13.0 Å². The number of nitrogens with one attached hydrogen (secondary N) is 1. The third-order valence-corrected chi connectivity index (χ3v) is 4.78. The number of carbonyl (C=O) groups is 1. The Morgan fingerprint density at radius 2 is 2.10 bits per heavy atom. The SMILES string of the molecule is O=C(CC1CCOc2ccccc21)NC1(CO)CCCC1. The molecule has 0 radical (unpaired) electrons. The quantitative estimate of drug-likeness (QED) is 0.894. The van der Waals surface area contributed by atoms with E-state index in [0.717, 1.165) is 43.4 Å². The Labute approximate surface area is 125 Å². The van der Waals surface area contributed by atoms with Crippen LogP contribution in [-0.2, 0) is 4.79 Å². The first-order chi connectivity index (χ1) is 10.2. The molecule has 0 bridgehead atoms. The van der Waals surface area contributed by atoms with Gasteiger partial charge in [0.25, 0.3) is 0 Å². The third kappa shape index (κ3) is 3.05. The molecule has 2 aliphatic rings. The summed E-state index contributed by atoms with van der Waals surface area (Å²) >= 11 is 0. The number of benzene rings is 1. The fourth-order valence-corrected chi connectivity index (χ4v) is 3.57. The first-order valence-electron chi connectivity index (χ1n) is 7.86. The molecular weight excluding hydrogens is 266 g/mol. The van der Waals surface area contributed by atoms with E-state index >= 15 is 0 Å². The molecule has 1 heterocycles. The molecular formula is C17H23NO3. The Hall–Kier alpha value is -1.55. The molecule has 1 atom stereocenters. The summed E-state index contributed by atoms with van der Waals surface area (Å²) in [7, 11) is 0. The van der Waals surface area contributed by atoms with Crippen molar-refractivity contribution in [2.75, 3.05) is 13.2 Å². The second-order valence-electron chi connectivity index (χ2n) is 6.27. The van der Waals surface area contributed by atoms with Gasteiger partial charge in [-0.1, -0.05) is 31.0 Å². The Morgan fingerprint density at radius 1 is 1.33 bits per heavy atom. The highest BCUT2D eigenvalue weighted by Crippen LogP contribution is 2.36. The van der Waals surface area contributed by atoms with Crippen LogP contribution in [0.25, 0.3) is 0 Å². The highest BCUT2D eigenvalue weighted by molar-refractivity contribution is 5.78. The van der Waals surface area contributed by atoms with E-state index < -0.39 is 0 Å². The molecule has 0 saturated heterocycles. The van der Waals surface area contributed by atoms with Crippen molar-refractivity contribution in [2.24, 2.45) is 0 Å². The summed E-state index contributed by atoms with van der Waals surface area (Å²) in [6.45, 7) is 0.712. The van der Waals surface area contributed by atoms with Gasteiger partial charge in [-0.15, -0.1) is 0 Å². The molecule has 2 N–H and O–H groups in total. The number of hydrogen-bond donors (Lipinski definition) is 2. The lowest BCUT2D eigenvalue weighted by Crippen LogP contribution is -2.49. The van der Waals surface area contributed by atoms with Crippen LogP contribution in [0.2, 0.25) is 0 Å². The summed E-state index contributed by atoms with van der Waals surface area (Å²) in [4.78, 5) is 12.4. The fourth-order valence-electron chi connectivity index (χ4n) is 3.57. The highest BCUT2D eigenvalue weighted by Gasteiger charge is 2.35. The lowest BCUT2D eigenvalue weighted by molar-refractivity contribution is -0.124. The summed E-state index contributed by atoms with van der Waals surface area (Å²) in [5.74, 6) is 1.17. The van der Waals surface area contributed by atoms with Crippen molar-refractivity contribution in [2.45, 2.75) is 50.0 Å². The number of amides is 1. The summed E-state index contributed by atoms with van der Waals surface area (Å²) in [6, 6.07) is 7.96. The Balaban J connectivity index is 1.66. The van der Waals surface area contributed by atoms with Crippen LogP contribution in [0.5, 0.6) is 5.75 Å². The lowest BCUT2D eigenvalue weighted by Gasteiger charge is -2.30. The average Bonchev–Trinajstić information content (AvgIpc) is 2.96. The van der Waals surface area contributed by atoms with Gasteiger partial charge in [0.1, 0.15) is 5.75 Å². The summed E-state index contributed by atoms with van der Waals surface area (Å²) in [6.07, 6.45) is 5.29. The predicted octanol–water partition coefficient (Wildman–Crippen LogP) is 2.36. The van der Waals surface area contributed by atoms with Crippen LogP contribution in [0.1, 0.15) is 50.0 Å². The van der Waals surface area contributed by atoms with Gasteiger partial charge in [0.15, 0.2) is 0 Å². The van der Waals surface area contributed by atoms with Crippen LogP contribution in [0.4, 0.5) is 0 Å². The van der Waals surface area contributed by atoms with Crippen molar-refractivity contribution < 1.29 is 14.6 Å². The van der Waals surface area contributed by atoms with Gasteiger partial charge in [-0.2, -0.15) is 0 Å². The predicted molar refractivity (Wildman–Crippen MR) is 80.3 cm³/mol. The van der Waals surface area contributed by atoms with Crippen LogP contribution in [0, 0.1) is 0 Å². The zero-order valence-electron chi connectivity index (χ0n) is 12.3. The molecule has 0 aromatic heterocycles. The molecule has 1 fully saturated rings. The van der Waals surface area contributed by atoms with Crippen molar-refractivity contribution >= 4 is 5.91 Å². The fraction of sp³-hybridized carbons (Fsp3) is 0.588. The number of carbonyl (C=O) groups excluding carboxylic acids is 1. The van der Waals surface area contributed by atoms with E-state index in [9.17, 15) is 9.90 Å². The van der Waals surface area contributed by atoms with Crippen LogP contribution in [0.15, 0.2) is 24.3 Å². The van der Waals surface area contributed by atoms with Gasteiger partial charge in [-0.25, -0.2) is 0 Å². The van der Waals surface area contributed by atoms with Gasteiger partial charge in [0.05, 0.1) is 18.8 Å². The number of aliphatic hydroxyl groups is 1. The largest absolute Gasteiger partial charge is 0.493 e. The minimum absolute atomic E-state index is 0.0447. The number of ether oxygens (including phenoxy) is 1. The van der Waals surface area contributed by atoms with Crippen molar-refractivity contribution in [1.82, 2.24) is 5.32 Å². The zero-order valence-corrected chi connectivity index (χ0v) is 12.3. The number of hydrogen-bond acceptors (Lipinski definition) is 3. The smallest absolute Gasteiger partial charge is 0.221 e. The van der Waals surface area contributed by atoms with Gasteiger partial charge < -0.3 is 15.2 Å². The topological polar surface area (TPSA) is 58.6 Å². The van der Waals surface area contributed by atoms with E-state index in [4.69, 9.17) is 4.74 Å². The highest BCUT2D eigenvalue weighted by atomic mass is 16.5. The summed E-state index contributed by atoms with van der Waals surface area (Å²) in [5, 5.41) is 12.7. The number of aliphatic hydroxyl groups excluding tert-OH is 1. The van der Waals surface area contributed by atoms with Crippen LogP contribution in [-0.4, -0.2) is 29.8 Å². The Bertz CT molecular complexity index is 509. The second kappa shape index (κ2) is 6.06. The van der Waals surface area contributed by atoms with Crippen LogP contribution >= 0.6 is 0 Å². The maximum absolute atomic E-state index is 12.4. The van der Waals surface area contributed by atoms with Crippen molar-refractivity contribution in [3.8, 4) is 5.75 Å². The van der Waals surface area contributed by atoms with Crippen molar-refractivity contribution in [3.05, 3.63) is 29.8 Å². The van der Waals surface area contributed by atoms with Gasteiger partial charge in [0.2, 0.25) is 5.91 Å². The average molecular weight is 289 g/mol. The molecule has 0 spiro atoms. The third-order valence-electron chi connectivity index (χ3n) is 4.78. The van der Waals surface area contributed by atoms with Crippen molar-refractivity contribution in [3.63, 3.8) is 0 Å². The van der Waals surface area contributed by atoms with Crippen LogP contribution in [0.3, 0.4) is 0 Å². The molecule has 1 aromatic rings. The van der Waals surface area contributed by atoms with E-state index in [1.54, 1.807) is 0 Å². The molecule has 114 valence electrons. The second-order valence-corrected chi connectivity index (χ2v) is 6.27. The maximum Gasteiger partial charge on any atom is 0.221 e. The molecule has 4 heteroatoms. The summed E-state index contributed by atoms with van der Waals surface area (Å²) in [5.41, 5.74) is 0.755. The zero-order chi connectivity index (χ0) is 14.7. The van der Waals surface area contributed by atoms with E-state index in [1.807, 2.05) is 24.3 Å². The molecule has 1 aromatic carbocycles. The molecule has 1 saturated carbocycles. The first kappa shape index (κ1) is 14.4. The number of para-hydroxylation sites is 1. The Morgan fingerprint density at radius 3 is 2.86 bits per heavy atom. The normalized spacial score (nSPS) is 23.2. The number of fused-ring (bicyclic) bond motifs is 1. The van der Waals surface area contributed by atoms with Gasteiger partial charge in [0, 0.05) is 6.42 Å². The molecule has 21 heavy (non-hydrogen) atoms. The maximum atomic E-state index is 12.4. The van der Waals surface area contributed by atoms with Gasteiger partial charge in [-0.05, 0) is 36.8 Å². The standard InChI is InChI=1S/C17H23NO3/c19-12-17(8-3-4-9-17)18-16(20)11-13-7-10-21-15-6-2-1-5-14(13)15/h1-2,5-6,13,19H,3-4,7-12H2,(H,18,20). The van der Waals surface area contributed by atoms with Crippen LogP contribution < -0.4 is 10.1 Å². The van der Waals surface area contributed by atoms with E-state index in [2.05, 4.69) is 5.32 Å². The minimum atomic E-state index is -0.373. The van der Waals surface area contributed by atoms with E-state index in [-0.39, 0.29) is 24.0 Å². The van der Waals surface area contributed by atoms with Crippen molar-refractivity contribution in [1.29, 1.82) is 0 Å². The van der Waals surface area contributed by atoms with Gasteiger partial charge >= 0.3 is 0 Å². The lowest BCUT2D eigenvalue weighted by atomic mass is 9.89. The molecule has 1 unspecified atom stereocenters. The molecule has 4 nitrogen and oxygen atoms in total.